The third-order valence-corrected chi connectivity index (χ3v) is 2.44. The summed E-state index contributed by atoms with van der Waals surface area (Å²) in [6.07, 6.45) is 0. The van der Waals surface area contributed by atoms with Gasteiger partial charge in [-0.15, -0.1) is 0 Å². The minimum absolute atomic E-state index is 0.203. The van der Waals surface area contributed by atoms with Crippen molar-refractivity contribution >= 4 is 17.6 Å². The van der Waals surface area contributed by atoms with Crippen LogP contribution in [-0.4, -0.2) is 28.2 Å². The number of nitrogens with one attached hydrogen (secondary N) is 2. The van der Waals surface area contributed by atoms with E-state index >= 15 is 0 Å². The summed E-state index contributed by atoms with van der Waals surface area (Å²) in [4.78, 5) is 12.2. The number of nitrogens with two attached hydrogens (primary N) is 1. The number of nitrogen functional groups attached to an aromatic ring is 1. The number of hydrogen-bond acceptors (Lipinski definition) is 8. The monoisotopic (exact) mass is 290 g/mol. The van der Waals surface area contributed by atoms with Gasteiger partial charge in [-0.05, 0) is 38.1 Å². The van der Waals surface area contributed by atoms with Crippen molar-refractivity contribution < 1.29 is 9.47 Å². The van der Waals surface area contributed by atoms with Gasteiger partial charge in [0.2, 0.25) is 11.9 Å². The first-order valence-corrected chi connectivity index (χ1v) is 6.60. The molecular formula is C13H18N6O2. The predicted octanol–water partition coefficient (Wildman–Crippen LogP) is 1.70. The molecule has 21 heavy (non-hydrogen) atoms. The van der Waals surface area contributed by atoms with Crippen molar-refractivity contribution in [3.8, 4) is 11.8 Å². The Morgan fingerprint density at radius 3 is 2.24 bits per heavy atom. The van der Waals surface area contributed by atoms with E-state index < -0.39 is 0 Å². The Morgan fingerprint density at radius 2 is 1.62 bits per heavy atom. The van der Waals surface area contributed by atoms with Crippen LogP contribution in [0.5, 0.6) is 11.8 Å². The number of hydrogen-bond donors (Lipinski definition) is 3. The first kappa shape index (κ1) is 14.8. The Kier molecular flexibility index (Phi) is 5.10. The number of rotatable bonds is 7. The average molecular weight is 290 g/mol. The van der Waals surface area contributed by atoms with Gasteiger partial charge in [-0.1, -0.05) is 0 Å². The molecule has 0 spiro atoms. The molecule has 0 bridgehead atoms. The maximum Gasteiger partial charge on any atom is 0.323 e. The second-order valence-electron chi connectivity index (χ2n) is 3.92. The standard InChI is InChI=1S/C13H18N6O2/c1-3-20-10-7-5-9(6-8-10)15-11-16-12(19-14)18-13(17-11)21-4-2/h5-8H,3-4,14H2,1-2H3,(H2,15,16,17,18,19). The van der Waals surface area contributed by atoms with Crippen LogP contribution < -0.4 is 26.1 Å². The van der Waals surface area contributed by atoms with E-state index in [0.717, 1.165) is 11.4 Å². The van der Waals surface area contributed by atoms with Gasteiger partial charge in [-0.3, -0.25) is 5.43 Å². The normalized spacial score (nSPS) is 10.0. The van der Waals surface area contributed by atoms with Crippen LogP contribution in [0.2, 0.25) is 0 Å². The second kappa shape index (κ2) is 7.25. The molecule has 0 aliphatic rings. The summed E-state index contributed by atoms with van der Waals surface area (Å²) in [6, 6.07) is 7.65. The molecule has 1 aromatic heterocycles. The van der Waals surface area contributed by atoms with E-state index in [1.165, 1.54) is 0 Å². The SMILES string of the molecule is CCOc1ccc(Nc2nc(NN)nc(OCC)n2)cc1. The molecule has 0 amide bonds. The minimum Gasteiger partial charge on any atom is -0.494 e. The summed E-state index contributed by atoms with van der Waals surface area (Å²) in [5.74, 6) is 6.69. The first-order valence-electron chi connectivity index (χ1n) is 6.60. The predicted molar refractivity (Wildman–Crippen MR) is 79.7 cm³/mol. The fraction of sp³-hybridized carbons (Fsp3) is 0.308. The largest absolute Gasteiger partial charge is 0.494 e. The van der Waals surface area contributed by atoms with Crippen molar-refractivity contribution in [3.05, 3.63) is 24.3 Å². The van der Waals surface area contributed by atoms with Gasteiger partial charge in [0.15, 0.2) is 0 Å². The maximum absolute atomic E-state index is 5.38. The Labute approximate surface area is 122 Å². The van der Waals surface area contributed by atoms with Crippen LogP contribution in [0, 0.1) is 0 Å². The zero-order valence-corrected chi connectivity index (χ0v) is 12.0. The molecular weight excluding hydrogens is 272 g/mol. The third kappa shape index (κ3) is 4.18. The molecule has 0 aliphatic carbocycles. The number of benzene rings is 1. The van der Waals surface area contributed by atoms with E-state index in [-0.39, 0.29) is 12.0 Å². The molecule has 4 N–H and O–H groups in total. The van der Waals surface area contributed by atoms with Gasteiger partial charge in [0, 0.05) is 5.69 Å². The molecule has 8 nitrogen and oxygen atoms in total. The fourth-order valence-corrected chi connectivity index (χ4v) is 1.60. The van der Waals surface area contributed by atoms with E-state index in [9.17, 15) is 0 Å². The van der Waals surface area contributed by atoms with Gasteiger partial charge in [-0.25, -0.2) is 5.84 Å². The molecule has 2 aromatic rings. The second-order valence-corrected chi connectivity index (χ2v) is 3.92. The Balaban J connectivity index is 2.15. The van der Waals surface area contributed by atoms with Gasteiger partial charge < -0.3 is 14.8 Å². The van der Waals surface area contributed by atoms with E-state index in [1.807, 2.05) is 38.1 Å². The highest BCUT2D eigenvalue weighted by Crippen LogP contribution is 2.19. The molecule has 112 valence electrons. The highest BCUT2D eigenvalue weighted by molar-refractivity contribution is 5.55. The van der Waals surface area contributed by atoms with Crippen molar-refractivity contribution in [1.82, 2.24) is 15.0 Å². The number of anilines is 3. The quantitative estimate of drug-likeness (QED) is 0.522. The van der Waals surface area contributed by atoms with Crippen LogP contribution in [0.1, 0.15) is 13.8 Å². The summed E-state index contributed by atoms with van der Waals surface area (Å²) in [5, 5.41) is 3.05. The number of hydrazine groups is 1. The smallest absolute Gasteiger partial charge is 0.323 e. The Hall–Kier alpha value is -2.61. The van der Waals surface area contributed by atoms with Crippen molar-refractivity contribution in [2.45, 2.75) is 13.8 Å². The fourth-order valence-electron chi connectivity index (χ4n) is 1.60. The molecule has 0 atom stereocenters. The molecule has 0 saturated carbocycles. The van der Waals surface area contributed by atoms with Gasteiger partial charge in [0.05, 0.1) is 13.2 Å². The maximum atomic E-state index is 5.38. The van der Waals surface area contributed by atoms with Crippen molar-refractivity contribution in [2.24, 2.45) is 5.84 Å². The summed E-state index contributed by atoms with van der Waals surface area (Å²) >= 11 is 0. The Bertz CT molecular complexity index is 575. The van der Waals surface area contributed by atoms with Crippen molar-refractivity contribution in [3.63, 3.8) is 0 Å². The van der Waals surface area contributed by atoms with Crippen LogP contribution in [0.4, 0.5) is 17.6 Å². The zero-order valence-electron chi connectivity index (χ0n) is 12.0. The molecule has 0 unspecified atom stereocenters. The lowest BCUT2D eigenvalue weighted by atomic mass is 10.3. The topological polar surface area (TPSA) is 107 Å². The number of aromatic nitrogens is 3. The van der Waals surface area contributed by atoms with E-state index in [1.54, 1.807) is 0 Å². The van der Waals surface area contributed by atoms with Gasteiger partial charge >= 0.3 is 6.01 Å². The lowest BCUT2D eigenvalue weighted by Crippen LogP contribution is -2.13. The lowest BCUT2D eigenvalue weighted by molar-refractivity contribution is 0.312. The summed E-state index contributed by atoms with van der Waals surface area (Å²) in [5.41, 5.74) is 3.19. The van der Waals surface area contributed by atoms with Crippen LogP contribution in [0.3, 0.4) is 0 Å². The number of nitrogens with zero attached hydrogens (tertiary/aromatic N) is 3. The molecule has 0 fully saturated rings. The van der Waals surface area contributed by atoms with Crippen LogP contribution >= 0.6 is 0 Å². The number of ether oxygens (including phenoxy) is 2. The first-order chi connectivity index (χ1) is 10.2. The molecule has 8 heteroatoms. The molecule has 0 saturated heterocycles. The van der Waals surface area contributed by atoms with Crippen molar-refractivity contribution in [2.75, 3.05) is 24.0 Å². The van der Waals surface area contributed by atoms with Crippen LogP contribution in [0.15, 0.2) is 24.3 Å². The van der Waals surface area contributed by atoms with E-state index in [0.29, 0.717) is 19.2 Å². The van der Waals surface area contributed by atoms with E-state index in [4.69, 9.17) is 15.3 Å². The van der Waals surface area contributed by atoms with E-state index in [2.05, 4.69) is 25.7 Å². The van der Waals surface area contributed by atoms with Gasteiger partial charge in [-0.2, -0.15) is 15.0 Å². The minimum atomic E-state index is 0.203. The Morgan fingerprint density at radius 1 is 0.952 bits per heavy atom. The summed E-state index contributed by atoms with van der Waals surface area (Å²) in [7, 11) is 0. The third-order valence-electron chi connectivity index (χ3n) is 2.44. The molecule has 1 heterocycles. The zero-order chi connectivity index (χ0) is 15.1. The molecule has 0 aliphatic heterocycles. The average Bonchev–Trinajstić information content (AvgIpc) is 2.49. The summed E-state index contributed by atoms with van der Waals surface area (Å²) < 4.78 is 10.6. The van der Waals surface area contributed by atoms with Crippen LogP contribution in [-0.2, 0) is 0 Å². The van der Waals surface area contributed by atoms with Gasteiger partial charge in [0.25, 0.3) is 0 Å². The molecule has 0 radical (unpaired) electrons. The molecule has 1 aromatic carbocycles. The van der Waals surface area contributed by atoms with Crippen molar-refractivity contribution in [1.29, 1.82) is 0 Å². The molecule has 2 rings (SSSR count). The summed E-state index contributed by atoms with van der Waals surface area (Å²) in [6.45, 7) is 4.87. The lowest BCUT2D eigenvalue weighted by Gasteiger charge is -2.09. The van der Waals surface area contributed by atoms with Crippen LogP contribution in [0.25, 0.3) is 0 Å². The highest BCUT2D eigenvalue weighted by Gasteiger charge is 2.07. The highest BCUT2D eigenvalue weighted by atomic mass is 16.5. The van der Waals surface area contributed by atoms with Gasteiger partial charge in [0.1, 0.15) is 5.75 Å².